The van der Waals surface area contributed by atoms with Gasteiger partial charge in [-0.15, -0.1) is 0 Å². The molecule has 0 aromatic rings. The fraction of sp³-hybridized carbons (Fsp3) is 0.667. The lowest BCUT2D eigenvalue weighted by molar-refractivity contribution is -0.142. The summed E-state index contributed by atoms with van der Waals surface area (Å²) < 4.78 is 9.88. The Balaban J connectivity index is 3.51. The second-order valence-electron chi connectivity index (χ2n) is 2.78. The first-order chi connectivity index (χ1) is 6.07. The minimum atomic E-state index is -0.417. The van der Waals surface area contributed by atoms with E-state index in [1.807, 2.05) is 0 Å². The number of carbonyl (C=O) groups is 1. The van der Waals surface area contributed by atoms with Crippen LogP contribution < -0.4 is 0 Å². The first kappa shape index (κ1) is 12.1. The van der Waals surface area contributed by atoms with E-state index in [1.54, 1.807) is 13.8 Å². The van der Waals surface area contributed by atoms with Crippen molar-refractivity contribution in [2.45, 2.75) is 20.0 Å². The number of esters is 1. The Morgan fingerprint density at radius 1 is 1.62 bits per heavy atom. The molecule has 0 fully saturated rings. The molecular formula is C9H16O4. The van der Waals surface area contributed by atoms with Crippen LogP contribution in [0, 0.1) is 0 Å². The standard InChI is InChI=1S/C9H16O4/c1-7(2)9(11)13-6-8(3)12-5-4-10/h8,10H,1,4-6H2,2-3H3. The van der Waals surface area contributed by atoms with E-state index in [9.17, 15) is 4.79 Å². The SMILES string of the molecule is C=C(C)C(=O)OCC(C)OCCO. The van der Waals surface area contributed by atoms with Gasteiger partial charge in [0.1, 0.15) is 6.61 Å². The van der Waals surface area contributed by atoms with Crippen molar-refractivity contribution in [3.05, 3.63) is 12.2 Å². The van der Waals surface area contributed by atoms with Crippen LogP contribution in [0.1, 0.15) is 13.8 Å². The maximum atomic E-state index is 10.9. The van der Waals surface area contributed by atoms with Gasteiger partial charge in [-0.1, -0.05) is 6.58 Å². The van der Waals surface area contributed by atoms with Gasteiger partial charge in [0.2, 0.25) is 0 Å². The van der Waals surface area contributed by atoms with Gasteiger partial charge in [0.25, 0.3) is 0 Å². The van der Waals surface area contributed by atoms with Crippen molar-refractivity contribution < 1.29 is 19.4 Å². The normalized spacial score (nSPS) is 12.2. The molecule has 0 aromatic carbocycles. The van der Waals surface area contributed by atoms with Crippen LogP contribution in [0.5, 0.6) is 0 Å². The molecule has 76 valence electrons. The van der Waals surface area contributed by atoms with Crippen LogP contribution >= 0.6 is 0 Å². The van der Waals surface area contributed by atoms with Crippen LogP contribution in [0.2, 0.25) is 0 Å². The van der Waals surface area contributed by atoms with E-state index in [1.165, 1.54) is 0 Å². The topological polar surface area (TPSA) is 55.8 Å². The van der Waals surface area contributed by atoms with Gasteiger partial charge >= 0.3 is 5.97 Å². The third kappa shape index (κ3) is 6.31. The highest BCUT2D eigenvalue weighted by Gasteiger charge is 2.07. The predicted octanol–water partition coefficient (Wildman–Crippen LogP) is 0.503. The lowest BCUT2D eigenvalue weighted by atomic mass is 10.3. The van der Waals surface area contributed by atoms with Crippen LogP contribution in [0.3, 0.4) is 0 Å². The smallest absolute Gasteiger partial charge is 0.333 e. The molecular weight excluding hydrogens is 172 g/mol. The van der Waals surface area contributed by atoms with Gasteiger partial charge in [0, 0.05) is 5.57 Å². The first-order valence-electron chi connectivity index (χ1n) is 4.13. The molecule has 0 rings (SSSR count). The molecule has 0 saturated carbocycles. The third-order valence-electron chi connectivity index (χ3n) is 1.29. The molecule has 0 aliphatic heterocycles. The molecule has 0 heterocycles. The molecule has 13 heavy (non-hydrogen) atoms. The Bertz CT molecular complexity index is 176. The predicted molar refractivity (Wildman–Crippen MR) is 48.3 cm³/mol. The summed E-state index contributed by atoms with van der Waals surface area (Å²) in [5.74, 6) is -0.417. The number of aliphatic hydroxyl groups excluding tert-OH is 1. The van der Waals surface area contributed by atoms with Crippen molar-refractivity contribution >= 4 is 5.97 Å². The average molecular weight is 188 g/mol. The highest BCUT2D eigenvalue weighted by atomic mass is 16.6. The minimum Gasteiger partial charge on any atom is -0.460 e. The molecule has 4 heteroatoms. The highest BCUT2D eigenvalue weighted by molar-refractivity contribution is 5.86. The molecule has 4 nitrogen and oxygen atoms in total. The third-order valence-corrected chi connectivity index (χ3v) is 1.29. The second-order valence-corrected chi connectivity index (χ2v) is 2.78. The maximum absolute atomic E-state index is 10.9. The Morgan fingerprint density at radius 3 is 2.69 bits per heavy atom. The van der Waals surface area contributed by atoms with Crippen LogP contribution in [0.4, 0.5) is 0 Å². The zero-order valence-corrected chi connectivity index (χ0v) is 8.08. The molecule has 0 aliphatic rings. The van der Waals surface area contributed by atoms with Crippen LogP contribution in [0.15, 0.2) is 12.2 Å². The van der Waals surface area contributed by atoms with Gasteiger partial charge < -0.3 is 14.6 Å². The van der Waals surface area contributed by atoms with Crippen molar-refractivity contribution in [2.24, 2.45) is 0 Å². The Morgan fingerprint density at radius 2 is 2.23 bits per heavy atom. The summed E-state index contributed by atoms with van der Waals surface area (Å²) in [6.45, 7) is 7.20. The molecule has 1 atom stereocenters. The molecule has 0 bridgehead atoms. The zero-order valence-electron chi connectivity index (χ0n) is 8.08. The molecule has 1 N–H and O–H groups in total. The molecule has 1 unspecified atom stereocenters. The average Bonchev–Trinajstić information content (AvgIpc) is 2.10. The van der Waals surface area contributed by atoms with Gasteiger partial charge in [0.05, 0.1) is 19.3 Å². The number of hydrogen-bond acceptors (Lipinski definition) is 4. The van der Waals surface area contributed by atoms with Crippen molar-refractivity contribution in [3.63, 3.8) is 0 Å². The van der Waals surface area contributed by atoms with Crippen LogP contribution in [-0.4, -0.2) is 37.0 Å². The number of ether oxygens (including phenoxy) is 2. The van der Waals surface area contributed by atoms with Crippen molar-refractivity contribution in [3.8, 4) is 0 Å². The Kier molecular flexibility index (Phi) is 6.18. The van der Waals surface area contributed by atoms with E-state index >= 15 is 0 Å². The Labute approximate surface area is 78.2 Å². The van der Waals surface area contributed by atoms with Crippen LogP contribution in [-0.2, 0) is 14.3 Å². The van der Waals surface area contributed by atoms with Crippen molar-refractivity contribution in [2.75, 3.05) is 19.8 Å². The fourth-order valence-corrected chi connectivity index (χ4v) is 0.618. The fourth-order valence-electron chi connectivity index (χ4n) is 0.618. The van der Waals surface area contributed by atoms with E-state index < -0.39 is 5.97 Å². The van der Waals surface area contributed by atoms with E-state index in [0.717, 1.165) is 0 Å². The summed E-state index contributed by atoms with van der Waals surface area (Å²) >= 11 is 0. The van der Waals surface area contributed by atoms with Gasteiger partial charge in [-0.25, -0.2) is 4.79 Å². The van der Waals surface area contributed by atoms with E-state index in [0.29, 0.717) is 5.57 Å². The summed E-state index contributed by atoms with van der Waals surface area (Å²) in [7, 11) is 0. The van der Waals surface area contributed by atoms with Gasteiger partial charge in [-0.05, 0) is 13.8 Å². The van der Waals surface area contributed by atoms with E-state index in [4.69, 9.17) is 14.6 Å². The Hall–Kier alpha value is -0.870. The summed E-state index contributed by atoms with van der Waals surface area (Å²) in [6, 6.07) is 0. The maximum Gasteiger partial charge on any atom is 0.333 e. The lowest BCUT2D eigenvalue weighted by Crippen LogP contribution is -2.20. The summed E-state index contributed by atoms with van der Waals surface area (Å²) in [4.78, 5) is 10.9. The van der Waals surface area contributed by atoms with Crippen LogP contribution in [0.25, 0.3) is 0 Å². The largest absolute Gasteiger partial charge is 0.460 e. The van der Waals surface area contributed by atoms with Crippen molar-refractivity contribution in [1.29, 1.82) is 0 Å². The second kappa shape index (κ2) is 6.62. The number of rotatable bonds is 6. The molecule has 0 spiro atoms. The number of carbonyl (C=O) groups excluding carboxylic acids is 1. The number of hydrogen-bond donors (Lipinski definition) is 1. The molecule has 0 radical (unpaired) electrons. The molecule has 0 aliphatic carbocycles. The number of aliphatic hydroxyl groups is 1. The minimum absolute atomic E-state index is 0.0290. The monoisotopic (exact) mass is 188 g/mol. The van der Waals surface area contributed by atoms with Gasteiger partial charge in [-0.3, -0.25) is 0 Å². The lowest BCUT2D eigenvalue weighted by Gasteiger charge is -2.12. The molecule has 0 aromatic heterocycles. The highest BCUT2D eigenvalue weighted by Crippen LogP contribution is 1.96. The summed E-state index contributed by atoms with van der Waals surface area (Å²) in [5.41, 5.74) is 0.370. The molecule has 0 amide bonds. The van der Waals surface area contributed by atoms with Crippen molar-refractivity contribution in [1.82, 2.24) is 0 Å². The van der Waals surface area contributed by atoms with Gasteiger partial charge in [0.15, 0.2) is 0 Å². The summed E-state index contributed by atoms with van der Waals surface area (Å²) in [5, 5.41) is 8.43. The van der Waals surface area contributed by atoms with E-state index in [2.05, 4.69) is 6.58 Å². The van der Waals surface area contributed by atoms with Gasteiger partial charge in [-0.2, -0.15) is 0 Å². The quantitative estimate of drug-likeness (QED) is 0.487. The first-order valence-corrected chi connectivity index (χ1v) is 4.13. The summed E-state index contributed by atoms with van der Waals surface area (Å²) in [6.07, 6.45) is -0.199. The molecule has 0 saturated heterocycles. The van der Waals surface area contributed by atoms with E-state index in [-0.39, 0.29) is 25.9 Å². The zero-order chi connectivity index (χ0) is 10.3.